The number of phenolic OH excluding ortho intramolecular Hbond substituents is 2. The van der Waals surface area contributed by atoms with Crippen LogP contribution in [0, 0.1) is 0 Å². The first-order chi connectivity index (χ1) is 45.0. The molecule has 91 heavy (non-hydrogen) atoms. The smallest absolute Gasteiger partial charge is 0.131 e. The van der Waals surface area contributed by atoms with Crippen LogP contribution in [0.5, 0.6) is 11.5 Å². The Morgan fingerprint density at radius 2 is 0.363 bits per heavy atom. The Balaban J connectivity index is 1.02. The average Bonchev–Trinajstić information content (AvgIpc) is 1.65. The lowest BCUT2D eigenvalue weighted by molar-refractivity contribution is 0.479. The highest BCUT2D eigenvalue weighted by Crippen LogP contribution is 2.60. The molecule has 0 spiro atoms. The molecule has 0 atom stereocenters. The number of hydrogen-bond donors (Lipinski definition) is 2. The first kappa shape index (κ1) is 53.4. The normalized spacial score (nSPS) is 12.4. The van der Waals surface area contributed by atoms with Gasteiger partial charge in [-0.1, -0.05) is 315 Å². The van der Waals surface area contributed by atoms with Crippen molar-refractivity contribution in [3.8, 4) is 112 Å². The van der Waals surface area contributed by atoms with Gasteiger partial charge in [-0.25, -0.2) is 0 Å². The lowest BCUT2D eigenvalue weighted by atomic mass is 9.65. The Kier molecular flexibility index (Phi) is 12.8. The number of hydrogen-bond acceptors (Lipinski definition) is 2. The summed E-state index contributed by atoms with van der Waals surface area (Å²) in [6.45, 7) is 0. The van der Waals surface area contributed by atoms with E-state index in [1.54, 1.807) is 0 Å². The summed E-state index contributed by atoms with van der Waals surface area (Å²) in [5.74, 6) is 0.381. The molecule has 426 valence electrons. The Bertz CT molecular complexity index is 4900. The number of benzene rings is 16. The maximum absolute atomic E-state index is 13.8. The van der Waals surface area contributed by atoms with Crippen molar-refractivity contribution in [3.63, 3.8) is 0 Å². The van der Waals surface area contributed by atoms with E-state index in [1.165, 1.54) is 0 Å². The van der Waals surface area contributed by atoms with Crippen LogP contribution in [0.2, 0.25) is 0 Å². The third-order valence-electron chi connectivity index (χ3n) is 19.2. The van der Waals surface area contributed by atoms with Gasteiger partial charge in [0.05, 0.1) is 5.41 Å². The fraction of sp³-hybridized carbons (Fsp3) is 0.0112. The van der Waals surface area contributed by atoms with Crippen LogP contribution in [-0.4, -0.2) is 10.2 Å². The highest BCUT2D eigenvalue weighted by Gasteiger charge is 2.47. The summed E-state index contributed by atoms with van der Waals surface area (Å²) in [5, 5.41) is 36.1. The molecule has 2 heteroatoms. The lowest BCUT2D eigenvalue weighted by Crippen LogP contribution is -2.29. The highest BCUT2D eigenvalue weighted by molar-refractivity contribution is 6.12. The molecule has 16 aromatic rings. The summed E-state index contributed by atoms with van der Waals surface area (Å²) in [6.07, 6.45) is 0. The quantitative estimate of drug-likeness (QED) is 0.143. The molecule has 0 amide bonds. The van der Waals surface area contributed by atoms with Crippen LogP contribution in [0.1, 0.15) is 22.3 Å². The number of fused-ring (bicyclic) bond motifs is 7. The van der Waals surface area contributed by atoms with E-state index in [1.807, 2.05) is 0 Å². The van der Waals surface area contributed by atoms with Gasteiger partial charge >= 0.3 is 0 Å². The van der Waals surface area contributed by atoms with Crippen molar-refractivity contribution < 1.29 is 10.2 Å². The summed E-state index contributed by atoms with van der Waals surface area (Å²) in [7, 11) is 0. The minimum atomic E-state index is -1.07. The van der Waals surface area contributed by atoms with E-state index in [9.17, 15) is 10.2 Å². The second-order valence-corrected chi connectivity index (χ2v) is 24.0. The molecule has 0 saturated carbocycles. The zero-order valence-corrected chi connectivity index (χ0v) is 49.7. The van der Waals surface area contributed by atoms with Gasteiger partial charge in [0.2, 0.25) is 0 Å². The third kappa shape index (κ3) is 8.56. The molecular weight excluding hydrogens is 1100 g/mol. The van der Waals surface area contributed by atoms with Gasteiger partial charge in [0.1, 0.15) is 11.5 Å². The van der Waals surface area contributed by atoms with Crippen LogP contribution in [0.25, 0.3) is 143 Å². The van der Waals surface area contributed by atoms with Crippen LogP contribution in [0.15, 0.2) is 340 Å². The standard InChI is InChI=1S/C89H58O2/c90-87-81(75-49-45-63(57-25-5-1-6-26-57)67-33-13-17-37-71(67)75)53-61(54-82(87)76-50-46-64(58-27-7-2-8-28-58)68-34-14-18-38-72(68)76)89(85-43-23-21-41-79(85)80-42-22-24-44-86(80)89)62-55-83(77-51-47-65(59-29-9-3-10-30-59)69-35-15-19-39-73(69)77)88(91)84(56-62)78-52-48-66(60-31-11-4-12-32-60)70-36-16-20-40-74(70)78/h1-56,90-91H. The minimum absolute atomic E-state index is 0.190. The van der Waals surface area contributed by atoms with Gasteiger partial charge in [-0.15, -0.1) is 0 Å². The fourth-order valence-electron chi connectivity index (χ4n) is 15.2. The number of phenols is 2. The SMILES string of the molecule is Oc1c(-c2ccc(-c3ccccc3)c3ccccc23)cc(C2(c3cc(-c4ccc(-c5ccccc5)c5ccccc45)c(O)c(-c4ccc(-c5ccccc5)c5ccccc45)c3)c3ccccc3-c3ccccc32)cc1-c1ccc(-c2ccccc2)c2ccccc12. The summed E-state index contributed by atoms with van der Waals surface area (Å²) >= 11 is 0. The molecule has 0 aromatic heterocycles. The largest absolute Gasteiger partial charge is 0.507 e. The van der Waals surface area contributed by atoms with Gasteiger partial charge in [0, 0.05) is 22.3 Å². The molecule has 16 aromatic carbocycles. The molecule has 0 saturated heterocycles. The molecule has 0 heterocycles. The first-order valence-electron chi connectivity index (χ1n) is 31.3. The molecule has 17 rings (SSSR count). The third-order valence-corrected chi connectivity index (χ3v) is 19.2. The van der Waals surface area contributed by atoms with Crippen LogP contribution in [-0.2, 0) is 5.41 Å². The zero-order chi connectivity index (χ0) is 60.6. The first-order valence-corrected chi connectivity index (χ1v) is 31.3. The van der Waals surface area contributed by atoms with Crippen LogP contribution < -0.4 is 0 Å². The molecule has 0 aliphatic heterocycles. The van der Waals surface area contributed by atoms with Crippen molar-refractivity contribution in [1.82, 2.24) is 0 Å². The molecule has 0 bridgehead atoms. The average molecular weight is 1160 g/mol. The Hall–Kier alpha value is -11.8. The summed E-state index contributed by atoms with van der Waals surface area (Å²) < 4.78 is 0. The van der Waals surface area contributed by atoms with Crippen LogP contribution in [0.3, 0.4) is 0 Å². The van der Waals surface area contributed by atoms with Gasteiger partial charge in [0.15, 0.2) is 0 Å². The second-order valence-electron chi connectivity index (χ2n) is 24.0. The molecule has 2 nitrogen and oxygen atoms in total. The van der Waals surface area contributed by atoms with Gasteiger partial charge in [-0.3, -0.25) is 0 Å². The highest BCUT2D eigenvalue weighted by atomic mass is 16.3. The molecular formula is C89H58O2. The van der Waals surface area contributed by atoms with Gasteiger partial charge in [-0.05, 0) is 167 Å². The summed E-state index contributed by atoms with van der Waals surface area (Å²) in [5.41, 5.74) is 20.8. The van der Waals surface area contributed by atoms with Crippen molar-refractivity contribution in [2.45, 2.75) is 5.41 Å². The van der Waals surface area contributed by atoms with Crippen molar-refractivity contribution in [3.05, 3.63) is 362 Å². The van der Waals surface area contributed by atoms with Crippen molar-refractivity contribution in [2.24, 2.45) is 0 Å². The van der Waals surface area contributed by atoms with Crippen molar-refractivity contribution in [2.75, 3.05) is 0 Å². The topological polar surface area (TPSA) is 40.5 Å². The van der Waals surface area contributed by atoms with E-state index >= 15 is 0 Å². The van der Waals surface area contributed by atoms with Crippen molar-refractivity contribution >= 4 is 43.1 Å². The molecule has 1 aliphatic rings. The van der Waals surface area contributed by atoms with Crippen molar-refractivity contribution in [1.29, 1.82) is 0 Å². The minimum Gasteiger partial charge on any atom is -0.507 e. The molecule has 1 aliphatic carbocycles. The van der Waals surface area contributed by atoms with Gasteiger partial charge in [0.25, 0.3) is 0 Å². The van der Waals surface area contributed by atoms with Crippen LogP contribution in [0.4, 0.5) is 0 Å². The van der Waals surface area contributed by atoms with E-state index in [0.717, 1.165) is 143 Å². The molecule has 0 radical (unpaired) electrons. The fourth-order valence-corrected chi connectivity index (χ4v) is 15.2. The lowest BCUT2D eigenvalue weighted by Gasteiger charge is -2.36. The van der Waals surface area contributed by atoms with E-state index < -0.39 is 5.41 Å². The second kappa shape index (κ2) is 21.8. The number of rotatable bonds is 10. The maximum Gasteiger partial charge on any atom is 0.131 e. The molecule has 2 N–H and O–H groups in total. The Labute approximate surface area is 529 Å². The number of aromatic hydroxyl groups is 2. The predicted molar refractivity (Wildman–Crippen MR) is 381 cm³/mol. The van der Waals surface area contributed by atoms with Crippen LogP contribution >= 0.6 is 0 Å². The Morgan fingerprint density at radius 3 is 0.615 bits per heavy atom. The van der Waals surface area contributed by atoms with E-state index in [2.05, 4.69) is 340 Å². The zero-order valence-electron chi connectivity index (χ0n) is 49.7. The predicted octanol–water partition coefficient (Wildman–Crippen LogP) is 23.4. The Morgan fingerprint density at radius 1 is 0.165 bits per heavy atom. The van der Waals surface area contributed by atoms with E-state index in [0.29, 0.717) is 22.3 Å². The summed E-state index contributed by atoms with van der Waals surface area (Å²) in [6, 6.07) is 121. The monoisotopic (exact) mass is 1160 g/mol. The molecule has 0 fully saturated rings. The van der Waals surface area contributed by atoms with Gasteiger partial charge in [-0.2, -0.15) is 0 Å². The van der Waals surface area contributed by atoms with E-state index in [4.69, 9.17) is 0 Å². The van der Waals surface area contributed by atoms with Gasteiger partial charge < -0.3 is 10.2 Å². The summed E-state index contributed by atoms with van der Waals surface area (Å²) in [4.78, 5) is 0. The van der Waals surface area contributed by atoms with E-state index in [-0.39, 0.29) is 11.5 Å². The molecule has 0 unspecified atom stereocenters. The maximum atomic E-state index is 13.8.